The zero-order chi connectivity index (χ0) is 21.7. The molecular weight excluding hydrogens is 430 g/mol. The van der Waals surface area contributed by atoms with E-state index in [-0.39, 0.29) is 11.4 Å². The van der Waals surface area contributed by atoms with Crippen LogP contribution >= 0.6 is 11.6 Å². The van der Waals surface area contributed by atoms with Gasteiger partial charge in [-0.3, -0.25) is 9.59 Å². The van der Waals surface area contributed by atoms with Gasteiger partial charge < -0.3 is 15.4 Å². The van der Waals surface area contributed by atoms with Crippen molar-refractivity contribution >= 4 is 39.1 Å². The van der Waals surface area contributed by atoms with Crippen molar-refractivity contribution in [1.29, 1.82) is 0 Å². The second-order valence-corrected chi connectivity index (χ2v) is 9.09. The first-order valence-corrected chi connectivity index (χ1v) is 11.1. The van der Waals surface area contributed by atoms with Gasteiger partial charge in [-0.2, -0.15) is 4.31 Å². The predicted molar refractivity (Wildman–Crippen MR) is 113 cm³/mol. The summed E-state index contributed by atoms with van der Waals surface area (Å²) >= 11 is 5.79. The molecule has 1 unspecified atom stereocenters. The maximum absolute atomic E-state index is 13.0. The van der Waals surface area contributed by atoms with Crippen molar-refractivity contribution in [2.24, 2.45) is 0 Å². The molecule has 1 aliphatic rings. The third kappa shape index (κ3) is 5.10. The highest BCUT2D eigenvalue weighted by Crippen LogP contribution is 2.27. The fourth-order valence-corrected chi connectivity index (χ4v) is 5.04. The van der Waals surface area contributed by atoms with E-state index < -0.39 is 27.9 Å². The van der Waals surface area contributed by atoms with E-state index in [0.29, 0.717) is 35.8 Å². The highest BCUT2D eigenvalue weighted by molar-refractivity contribution is 7.89. The second kappa shape index (κ2) is 9.46. The highest BCUT2D eigenvalue weighted by atomic mass is 35.5. The van der Waals surface area contributed by atoms with Gasteiger partial charge in [-0.1, -0.05) is 11.6 Å². The molecule has 1 aliphatic heterocycles. The fourth-order valence-electron chi connectivity index (χ4n) is 3.22. The van der Waals surface area contributed by atoms with Crippen LogP contribution in [0, 0.1) is 0 Å². The molecule has 1 atom stereocenters. The van der Waals surface area contributed by atoms with Crippen LogP contribution in [-0.2, 0) is 19.6 Å². The van der Waals surface area contributed by atoms with Gasteiger partial charge in [-0.15, -0.1) is 0 Å². The number of carbonyl (C=O) groups is 2. The summed E-state index contributed by atoms with van der Waals surface area (Å²) in [5.41, 5.74) is 0.434. The third-order valence-electron chi connectivity index (χ3n) is 4.80. The number of benzene rings is 2. The Balaban J connectivity index is 1.60. The number of hydrogen-bond acceptors (Lipinski definition) is 5. The van der Waals surface area contributed by atoms with Gasteiger partial charge in [0.05, 0.1) is 12.0 Å². The minimum Gasteiger partial charge on any atom is -0.497 e. The monoisotopic (exact) mass is 451 g/mol. The number of rotatable bonds is 6. The number of amides is 2. The van der Waals surface area contributed by atoms with Crippen LogP contribution in [-0.4, -0.2) is 50.8 Å². The van der Waals surface area contributed by atoms with Gasteiger partial charge in [0.15, 0.2) is 0 Å². The summed E-state index contributed by atoms with van der Waals surface area (Å²) in [5, 5.41) is 5.50. The lowest BCUT2D eigenvalue weighted by molar-refractivity contribution is -0.136. The first kappa shape index (κ1) is 22.1. The summed E-state index contributed by atoms with van der Waals surface area (Å²) in [6.07, 6.45) is 1.27. The van der Waals surface area contributed by atoms with Crippen LogP contribution in [0.4, 0.5) is 5.69 Å². The van der Waals surface area contributed by atoms with Crippen LogP contribution in [0.5, 0.6) is 5.75 Å². The normalized spacial score (nSPS) is 16.8. The molecule has 0 aromatic heterocycles. The van der Waals surface area contributed by atoms with E-state index in [9.17, 15) is 18.0 Å². The molecule has 0 radical (unpaired) electrons. The molecule has 2 N–H and O–H groups in total. The van der Waals surface area contributed by atoms with Gasteiger partial charge in [0.2, 0.25) is 10.0 Å². The van der Waals surface area contributed by atoms with Crippen LogP contribution in [0.2, 0.25) is 5.02 Å². The van der Waals surface area contributed by atoms with Crippen molar-refractivity contribution in [2.75, 3.05) is 25.5 Å². The van der Waals surface area contributed by atoms with Gasteiger partial charge in [0.25, 0.3) is 0 Å². The van der Waals surface area contributed by atoms with Crippen molar-refractivity contribution in [3.05, 3.63) is 53.6 Å². The lowest BCUT2D eigenvalue weighted by Crippen LogP contribution is -2.45. The van der Waals surface area contributed by atoms with Gasteiger partial charge in [0.1, 0.15) is 5.75 Å². The molecule has 0 spiro atoms. The lowest BCUT2D eigenvalue weighted by atomic mass is 10.2. The molecule has 10 heteroatoms. The van der Waals surface area contributed by atoms with Crippen LogP contribution in [0.1, 0.15) is 12.8 Å². The Kier molecular flexibility index (Phi) is 6.96. The zero-order valence-corrected chi connectivity index (χ0v) is 17.9. The number of methoxy groups -OCH3 is 1. The minimum absolute atomic E-state index is 0.0439. The molecule has 2 amide bonds. The Morgan fingerprint density at radius 1 is 1.10 bits per heavy atom. The zero-order valence-electron chi connectivity index (χ0n) is 16.3. The number of nitrogens with zero attached hydrogens (tertiary/aromatic N) is 1. The summed E-state index contributed by atoms with van der Waals surface area (Å²) in [6, 6.07) is 12.1. The van der Waals surface area contributed by atoms with E-state index in [1.807, 2.05) is 0 Å². The molecule has 1 heterocycles. The van der Waals surface area contributed by atoms with E-state index in [2.05, 4.69) is 10.6 Å². The quantitative estimate of drug-likeness (QED) is 0.655. The van der Waals surface area contributed by atoms with E-state index in [4.69, 9.17) is 16.3 Å². The average Bonchev–Trinajstić information content (AvgIpc) is 3.23. The van der Waals surface area contributed by atoms with Gasteiger partial charge in [-0.25, -0.2) is 8.42 Å². The van der Waals surface area contributed by atoms with Crippen molar-refractivity contribution in [3.8, 4) is 5.75 Å². The maximum Gasteiger partial charge on any atom is 0.313 e. The number of ether oxygens (including phenoxy) is 1. The molecular formula is C20H22ClN3O5S. The minimum atomic E-state index is -3.72. The third-order valence-corrected chi connectivity index (χ3v) is 7.01. The molecule has 0 saturated carbocycles. The van der Waals surface area contributed by atoms with Gasteiger partial charge >= 0.3 is 11.8 Å². The molecule has 1 fully saturated rings. The Hall–Kier alpha value is -2.62. The predicted octanol–water partition coefficient (Wildman–Crippen LogP) is 2.26. The Bertz CT molecular complexity index is 1010. The molecule has 30 heavy (non-hydrogen) atoms. The van der Waals surface area contributed by atoms with Crippen molar-refractivity contribution in [1.82, 2.24) is 9.62 Å². The van der Waals surface area contributed by atoms with E-state index in [0.717, 1.165) is 0 Å². The van der Waals surface area contributed by atoms with Crippen molar-refractivity contribution in [3.63, 3.8) is 0 Å². The molecule has 2 aromatic carbocycles. The van der Waals surface area contributed by atoms with E-state index in [1.165, 1.54) is 23.5 Å². The molecule has 1 saturated heterocycles. The summed E-state index contributed by atoms with van der Waals surface area (Å²) in [7, 11) is -2.21. The SMILES string of the molecule is COc1ccc(S(=O)(=O)N2CCCC2CNC(=O)C(=O)Nc2ccc(Cl)cc2)cc1. The van der Waals surface area contributed by atoms with Crippen LogP contribution < -0.4 is 15.4 Å². The topological polar surface area (TPSA) is 105 Å². The fraction of sp³-hybridized carbons (Fsp3) is 0.300. The van der Waals surface area contributed by atoms with Crippen LogP contribution in [0.25, 0.3) is 0 Å². The standard InChI is InChI=1S/C20H22ClN3O5S/c1-29-17-8-10-18(11-9-17)30(27,28)24-12-2-3-16(24)13-22-19(25)20(26)23-15-6-4-14(21)5-7-15/h4-11,16H,2-3,12-13H2,1H3,(H,22,25)(H,23,26). The molecule has 0 aliphatic carbocycles. The van der Waals surface area contributed by atoms with E-state index >= 15 is 0 Å². The molecule has 8 nitrogen and oxygen atoms in total. The average molecular weight is 452 g/mol. The van der Waals surface area contributed by atoms with Crippen molar-refractivity contribution < 1.29 is 22.7 Å². The largest absolute Gasteiger partial charge is 0.497 e. The Morgan fingerprint density at radius 2 is 1.77 bits per heavy atom. The maximum atomic E-state index is 13.0. The summed E-state index contributed by atoms with van der Waals surface area (Å²) in [6.45, 7) is 0.397. The smallest absolute Gasteiger partial charge is 0.313 e. The molecule has 2 aromatic rings. The number of nitrogens with one attached hydrogen (secondary N) is 2. The van der Waals surface area contributed by atoms with Gasteiger partial charge in [0, 0.05) is 29.8 Å². The second-order valence-electron chi connectivity index (χ2n) is 6.76. The summed E-state index contributed by atoms with van der Waals surface area (Å²) < 4.78 is 32.4. The molecule has 0 bridgehead atoms. The lowest BCUT2D eigenvalue weighted by Gasteiger charge is -2.24. The van der Waals surface area contributed by atoms with Crippen LogP contribution in [0.15, 0.2) is 53.4 Å². The highest BCUT2D eigenvalue weighted by Gasteiger charge is 2.35. The van der Waals surface area contributed by atoms with Crippen LogP contribution in [0.3, 0.4) is 0 Å². The number of sulfonamides is 1. The number of carbonyl (C=O) groups excluding carboxylic acids is 2. The summed E-state index contributed by atoms with van der Waals surface area (Å²) in [5.74, 6) is -1.11. The molecule has 160 valence electrons. The first-order chi connectivity index (χ1) is 14.3. The Labute approximate surface area is 180 Å². The van der Waals surface area contributed by atoms with Gasteiger partial charge in [-0.05, 0) is 61.4 Å². The number of halogens is 1. The molecule has 3 rings (SSSR count). The first-order valence-electron chi connectivity index (χ1n) is 9.32. The Morgan fingerprint density at radius 3 is 2.40 bits per heavy atom. The van der Waals surface area contributed by atoms with Crippen molar-refractivity contribution in [2.45, 2.75) is 23.8 Å². The summed E-state index contributed by atoms with van der Waals surface area (Å²) in [4.78, 5) is 24.4. The van der Waals surface area contributed by atoms with E-state index in [1.54, 1.807) is 36.4 Å². The number of anilines is 1. The number of hydrogen-bond donors (Lipinski definition) is 2.